The average Bonchev–Trinajstić information content (AvgIpc) is 3.25. The van der Waals surface area contributed by atoms with Crippen LogP contribution in [0.2, 0.25) is 0 Å². The van der Waals surface area contributed by atoms with Gasteiger partial charge in [0.2, 0.25) is 5.91 Å². The standard InChI is InChI=1S/C19H19N3O6/c20-17(25)14(7-2-8-15(23)24)22-18(26)12-5-1-6-13(16(12)19(22)27)21-10-11-4-3-9-28-11/h1,3-6,9,14,21H,2,7-8,10H2,(H2,20,25)(H,23,24). The van der Waals surface area contributed by atoms with E-state index in [1.165, 1.54) is 12.3 Å². The lowest BCUT2D eigenvalue weighted by Gasteiger charge is -2.23. The molecule has 2 heterocycles. The number of fused-ring (bicyclic) bond motifs is 1. The number of hydrogen-bond acceptors (Lipinski definition) is 6. The van der Waals surface area contributed by atoms with Crippen LogP contribution >= 0.6 is 0 Å². The maximum absolute atomic E-state index is 12.9. The summed E-state index contributed by atoms with van der Waals surface area (Å²) in [7, 11) is 0. The number of carboxylic acid groups (broad SMARTS) is 1. The van der Waals surface area contributed by atoms with Crippen LogP contribution in [-0.2, 0) is 16.1 Å². The minimum atomic E-state index is -1.20. The maximum atomic E-state index is 12.9. The van der Waals surface area contributed by atoms with E-state index in [0.717, 1.165) is 4.90 Å². The molecular formula is C19H19N3O6. The van der Waals surface area contributed by atoms with Crippen molar-refractivity contribution in [3.8, 4) is 0 Å². The predicted molar refractivity (Wildman–Crippen MR) is 97.4 cm³/mol. The molecule has 0 radical (unpaired) electrons. The lowest BCUT2D eigenvalue weighted by Crippen LogP contribution is -2.47. The van der Waals surface area contributed by atoms with Gasteiger partial charge in [0.25, 0.3) is 11.8 Å². The topological polar surface area (TPSA) is 143 Å². The number of imide groups is 1. The van der Waals surface area contributed by atoms with Crippen molar-refractivity contribution >= 4 is 29.4 Å². The van der Waals surface area contributed by atoms with Crippen LogP contribution < -0.4 is 11.1 Å². The summed E-state index contributed by atoms with van der Waals surface area (Å²) in [6, 6.07) is 7.08. The Hall–Kier alpha value is -3.62. The van der Waals surface area contributed by atoms with Gasteiger partial charge in [0.05, 0.1) is 23.9 Å². The molecule has 0 saturated carbocycles. The molecule has 9 nitrogen and oxygen atoms in total. The van der Waals surface area contributed by atoms with E-state index >= 15 is 0 Å². The lowest BCUT2D eigenvalue weighted by molar-refractivity contribution is -0.137. The average molecular weight is 385 g/mol. The smallest absolute Gasteiger partial charge is 0.303 e. The molecule has 2 aromatic rings. The molecule has 1 unspecified atom stereocenters. The van der Waals surface area contributed by atoms with E-state index < -0.39 is 29.7 Å². The second-order valence-corrected chi connectivity index (χ2v) is 6.35. The number of furan rings is 1. The summed E-state index contributed by atoms with van der Waals surface area (Å²) in [6.07, 6.45) is 1.43. The van der Waals surface area contributed by atoms with Gasteiger partial charge in [-0.05, 0) is 37.1 Å². The SMILES string of the molecule is NC(=O)C(CCCC(=O)O)N1C(=O)c2cccc(NCc3ccco3)c2C1=O. The van der Waals surface area contributed by atoms with Crippen LogP contribution in [0.1, 0.15) is 45.7 Å². The summed E-state index contributed by atoms with van der Waals surface area (Å²) < 4.78 is 5.24. The van der Waals surface area contributed by atoms with Crippen LogP contribution in [0.5, 0.6) is 0 Å². The Bertz CT molecular complexity index is 922. The van der Waals surface area contributed by atoms with Crippen LogP contribution in [0.3, 0.4) is 0 Å². The number of rotatable bonds is 9. The molecule has 4 N–H and O–H groups in total. The molecule has 0 fully saturated rings. The van der Waals surface area contributed by atoms with Crippen molar-refractivity contribution in [2.75, 3.05) is 5.32 Å². The fourth-order valence-electron chi connectivity index (χ4n) is 3.17. The van der Waals surface area contributed by atoms with Gasteiger partial charge in [-0.3, -0.25) is 24.1 Å². The molecule has 1 aromatic carbocycles. The highest BCUT2D eigenvalue weighted by atomic mass is 16.4. The highest BCUT2D eigenvalue weighted by Crippen LogP contribution is 2.32. The van der Waals surface area contributed by atoms with Gasteiger partial charge in [0.1, 0.15) is 11.8 Å². The first-order valence-corrected chi connectivity index (χ1v) is 8.68. The van der Waals surface area contributed by atoms with Gasteiger partial charge in [-0.2, -0.15) is 0 Å². The van der Waals surface area contributed by atoms with Crippen LogP contribution in [0.25, 0.3) is 0 Å². The number of hydrogen-bond donors (Lipinski definition) is 3. The van der Waals surface area contributed by atoms with Crippen molar-refractivity contribution in [3.05, 3.63) is 53.5 Å². The Labute approximate surface area is 160 Å². The van der Waals surface area contributed by atoms with E-state index in [0.29, 0.717) is 18.0 Å². The monoisotopic (exact) mass is 385 g/mol. The van der Waals surface area contributed by atoms with Crippen LogP contribution in [0, 0.1) is 0 Å². The van der Waals surface area contributed by atoms with Crippen molar-refractivity contribution in [2.24, 2.45) is 5.73 Å². The summed E-state index contributed by atoms with van der Waals surface area (Å²) in [4.78, 5) is 49.1. The summed E-state index contributed by atoms with van der Waals surface area (Å²) in [5.41, 5.74) is 6.15. The van der Waals surface area contributed by atoms with Crippen molar-refractivity contribution in [3.63, 3.8) is 0 Å². The zero-order valence-corrected chi connectivity index (χ0v) is 14.9. The number of amides is 3. The number of carbonyl (C=O) groups is 4. The number of anilines is 1. The predicted octanol–water partition coefficient (Wildman–Crippen LogP) is 1.60. The van der Waals surface area contributed by atoms with Gasteiger partial charge in [-0.25, -0.2) is 0 Å². The number of nitrogens with one attached hydrogen (secondary N) is 1. The molecule has 1 atom stereocenters. The number of carboxylic acids is 1. The summed E-state index contributed by atoms with van der Waals surface area (Å²) in [6.45, 7) is 0.308. The van der Waals surface area contributed by atoms with Crippen LogP contribution in [0.4, 0.5) is 5.69 Å². The molecule has 3 amide bonds. The molecule has 28 heavy (non-hydrogen) atoms. The number of carbonyl (C=O) groups excluding carboxylic acids is 3. The van der Waals surface area contributed by atoms with E-state index in [1.807, 2.05) is 0 Å². The summed E-state index contributed by atoms with van der Waals surface area (Å²) in [5, 5.41) is 11.8. The molecule has 0 spiro atoms. The Kier molecular flexibility index (Phi) is 5.44. The van der Waals surface area contributed by atoms with E-state index in [-0.39, 0.29) is 30.4 Å². The van der Waals surface area contributed by atoms with Gasteiger partial charge in [-0.15, -0.1) is 0 Å². The Balaban J connectivity index is 1.84. The quantitative estimate of drug-likeness (QED) is 0.556. The van der Waals surface area contributed by atoms with Gasteiger partial charge in [-0.1, -0.05) is 6.07 Å². The van der Waals surface area contributed by atoms with Gasteiger partial charge in [0.15, 0.2) is 0 Å². The zero-order valence-electron chi connectivity index (χ0n) is 14.9. The zero-order chi connectivity index (χ0) is 20.3. The molecule has 0 saturated heterocycles. The first-order valence-electron chi connectivity index (χ1n) is 8.68. The van der Waals surface area contributed by atoms with Crippen LogP contribution in [0.15, 0.2) is 41.0 Å². The first-order chi connectivity index (χ1) is 13.4. The lowest BCUT2D eigenvalue weighted by atomic mass is 10.1. The Morgan fingerprint density at radius 1 is 1.18 bits per heavy atom. The van der Waals surface area contributed by atoms with Crippen molar-refractivity contribution in [2.45, 2.75) is 31.8 Å². The second kappa shape index (κ2) is 7.95. The summed E-state index contributed by atoms with van der Waals surface area (Å²) in [5.74, 6) is -2.50. The summed E-state index contributed by atoms with van der Waals surface area (Å²) >= 11 is 0. The largest absolute Gasteiger partial charge is 0.481 e. The second-order valence-electron chi connectivity index (χ2n) is 6.35. The minimum Gasteiger partial charge on any atom is -0.481 e. The highest BCUT2D eigenvalue weighted by molar-refractivity contribution is 6.25. The Morgan fingerprint density at radius 2 is 1.96 bits per heavy atom. The third kappa shape index (κ3) is 3.73. The molecular weight excluding hydrogens is 366 g/mol. The number of primary amides is 1. The number of nitrogens with zero attached hydrogens (tertiary/aromatic N) is 1. The molecule has 1 aliphatic rings. The molecule has 1 aromatic heterocycles. The van der Waals surface area contributed by atoms with Gasteiger partial charge < -0.3 is 20.6 Å². The van der Waals surface area contributed by atoms with Gasteiger partial charge in [0, 0.05) is 12.1 Å². The molecule has 1 aliphatic heterocycles. The third-order valence-electron chi connectivity index (χ3n) is 4.49. The first kappa shape index (κ1) is 19.2. The van der Waals surface area contributed by atoms with Crippen molar-refractivity contribution < 1.29 is 28.7 Å². The number of nitrogens with two attached hydrogens (primary N) is 1. The molecule has 0 aliphatic carbocycles. The number of benzene rings is 1. The van der Waals surface area contributed by atoms with E-state index in [2.05, 4.69) is 5.32 Å². The molecule has 146 valence electrons. The molecule has 0 bridgehead atoms. The highest BCUT2D eigenvalue weighted by Gasteiger charge is 2.43. The van der Waals surface area contributed by atoms with Crippen molar-refractivity contribution in [1.82, 2.24) is 4.90 Å². The van der Waals surface area contributed by atoms with Crippen molar-refractivity contribution in [1.29, 1.82) is 0 Å². The fraction of sp³-hybridized carbons (Fsp3) is 0.263. The fourth-order valence-corrected chi connectivity index (χ4v) is 3.17. The van der Waals surface area contributed by atoms with Gasteiger partial charge >= 0.3 is 5.97 Å². The van der Waals surface area contributed by atoms with E-state index in [9.17, 15) is 19.2 Å². The molecule has 3 rings (SSSR count). The Morgan fingerprint density at radius 3 is 2.61 bits per heavy atom. The van der Waals surface area contributed by atoms with Crippen LogP contribution in [-0.4, -0.2) is 39.7 Å². The normalized spacial score (nSPS) is 14.1. The molecule has 9 heteroatoms. The number of aliphatic carboxylic acids is 1. The third-order valence-corrected chi connectivity index (χ3v) is 4.49. The maximum Gasteiger partial charge on any atom is 0.303 e. The van der Waals surface area contributed by atoms with E-state index in [1.54, 1.807) is 24.3 Å². The van der Waals surface area contributed by atoms with E-state index in [4.69, 9.17) is 15.3 Å². The minimum absolute atomic E-state index is 0.0116.